The van der Waals surface area contributed by atoms with E-state index in [1.165, 1.54) is 15.7 Å². The molecule has 0 aromatic carbocycles. The van der Waals surface area contributed by atoms with Crippen LogP contribution < -0.4 is 5.32 Å². The number of nitrogens with one attached hydrogen (secondary N) is 1. The Morgan fingerprint density at radius 1 is 1.35 bits per heavy atom. The molecule has 1 aliphatic heterocycles. The van der Waals surface area contributed by atoms with E-state index in [9.17, 15) is 13.2 Å². The van der Waals surface area contributed by atoms with Gasteiger partial charge in [0.2, 0.25) is 5.91 Å². The molecule has 0 saturated carbocycles. The Balaban J connectivity index is 2.88. The Labute approximate surface area is 121 Å². The first kappa shape index (κ1) is 17.4. The van der Waals surface area contributed by atoms with Gasteiger partial charge in [-0.25, -0.2) is 0 Å². The lowest BCUT2D eigenvalue weighted by molar-refractivity contribution is -0.120. The first-order valence-electron chi connectivity index (χ1n) is 6.92. The molecule has 0 radical (unpaired) electrons. The molecule has 1 amide bonds. The van der Waals surface area contributed by atoms with Crippen molar-refractivity contribution in [3.8, 4) is 0 Å². The third kappa shape index (κ3) is 4.41. The Kier molecular flexibility index (Phi) is 6.38. The highest BCUT2D eigenvalue weighted by Crippen LogP contribution is 2.17. The van der Waals surface area contributed by atoms with Gasteiger partial charge in [-0.2, -0.15) is 17.0 Å². The van der Waals surface area contributed by atoms with Crippen LogP contribution in [0.4, 0.5) is 0 Å². The molecule has 1 saturated heterocycles. The highest BCUT2D eigenvalue weighted by Gasteiger charge is 2.35. The second-order valence-corrected chi connectivity index (χ2v) is 7.02. The quantitative estimate of drug-likeness (QED) is 0.737. The zero-order valence-corrected chi connectivity index (χ0v) is 13.4. The fraction of sp³-hybridized carbons (Fsp3) is 0.917. The van der Waals surface area contributed by atoms with E-state index < -0.39 is 10.2 Å². The summed E-state index contributed by atoms with van der Waals surface area (Å²) in [6, 6.07) is 0. The molecule has 2 atom stereocenters. The van der Waals surface area contributed by atoms with Crippen molar-refractivity contribution in [1.82, 2.24) is 13.9 Å². The van der Waals surface area contributed by atoms with Crippen LogP contribution in [-0.4, -0.2) is 68.4 Å². The minimum atomic E-state index is -3.63. The van der Waals surface area contributed by atoms with E-state index in [2.05, 4.69) is 5.32 Å². The smallest absolute Gasteiger partial charge is 0.282 e. The van der Waals surface area contributed by atoms with E-state index in [1.54, 1.807) is 0 Å². The second-order valence-electron chi connectivity index (χ2n) is 5.09. The zero-order chi connectivity index (χ0) is 15.3. The van der Waals surface area contributed by atoms with Crippen LogP contribution in [0.1, 0.15) is 27.2 Å². The molecule has 8 heteroatoms. The van der Waals surface area contributed by atoms with Crippen LogP contribution in [-0.2, 0) is 19.7 Å². The third-order valence-electron chi connectivity index (χ3n) is 3.11. The largest absolute Gasteiger partial charge is 0.373 e. The number of amides is 1. The summed E-state index contributed by atoms with van der Waals surface area (Å²) in [5.74, 6) is -0.309. The Hall–Kier alpha value is -0.700. The lowest BCUT2D eigenvalue weighted by atomic mass is 10.3. The first-order chi connectivity index (χ1) is 9.31. The van der Waals surface area contributed by atoms with Crippen molar-refractivity contribution in [2.24, 2.45) is 0 Å². The van der Waals surface area contributed by atoms with E-state index in [1.807, 2.05) is 20.8 Å². The van der Waals surface area contributed by atoms with Gasteiger partial charge in [-0.05, 0) is 20.3 Å². The van der Waals surface area contributed by atoms with Gasteiger partial charge < -0.3 is 10.1 Å². The van der Waals surface area contributed by atoms with E-state index in [0.29, 0.717) is 26.1 Å². The van der Waals surface area contributed by atoms with Gasteiger partial charge in [-0.15, -0.1) is 0 Å². The zero-order valence-electron chi connectivity index (χ0n) is 12.6. The highest BCUT2D eigenvalue weighted by atomic mass is 32.2. The maximum absolute atomic E-state index is 12.6. The number of morpholine rings is 1. The molecule has 0 aromatic rings. The number of nitrogens with zero attached hydrogens (tertiary/aromatic N) is 2. The first-order valence-corrected chi connectivity index (χ1v) is 8.32. The summed E-state index contributed by atoms with van der Waals surface area (Å²) in [5, 5.41) is 2.46. The van der Waals surface area contributed by atoms with Gasteiger partial charge in [-0.1, -0.05) is 6.92 Å². The van der Waals surface area contributed by atoms with Crippen molar-refractivity contribution in [2.45, 2.75) is 39.4 Å². The molecule has 20 heavy (non-hydrogen) atoms. The monoisotopic (exact) mass is 307 g/mol. The standard InChI is InChI=1S/C12H25N3O4S/c1-5-6-14(9-12(16)13-4)20(17,18)15-7-10(2)19-11(3)8-15/h10-11H,5-9H2,1-4H3,(H,13,16). The van der Waals surface area contributed by atoms with Crippen LogP contribution in [0.2, 0.25) is 0 Å². The summed E-state index contributed by atoms with van der Waals surface area (Å²) in [4.78, 5) is 11.5. The van der Waals surface area contributed by atoms with Gasteiger partial charge in [0, 0.05) is 26.7 Å². The molecular weight excluding hydrogens is 282 g/mol. The number of carbonyl (C=O) groups excluding carboxylic acids is 1. The fourth-order valence-electron chi connectivity index (χ4n) is 2.25. The van der Waals surface area contributed by atoms with Crippen molar-refractivity contribution in [2.75, 3.05) is 33.2 Å². The molecule has 1 fully saturated rings. The minimum Gasteiger partial charge on any atom is -0.373 e. The van der Waals surface area contributed by atoms with Gasteiger partial charge in [0.1, 0.15) is 0 Å². The maximum Gasteiger partial charge on any atom is 0.282 e. The minimum absolute atomic E-state index is 0.142. The van der Waals surface area contributed by atoms with E-state index in [0.717, 1.165) is 0 Å². The van der Waals surface area contributed by atoms with Gasteiger partial charge in [0.05, 0.1) is 18.8 Å². The van der Waals surface area contributed by atoms with Crippen molar-refractivity contribution < 1.29 is 17.9 Å². The Bertz CT molecular complexity index is 416. The molecule has 1 rings (SSSR count). The van der Waals surface area contributed by atoms with Crippen LogP contribution in [0, 0.1) is 0 Å². The molecule has 1 aliphatic rings. The molecule has 0 aliphatic carbocycles. The van der Waals surface area contributed by atoms with Crippen LogP contribution in [0.15, 0.2) is 0 Å². The van der Waals surface area contributed by atoms with Gasteiger partial charge in [-0.3, -0.25) is 4.79 Å². The van der Waals surface area contributed by atoms with Gasteiger partial charge in [0.25, 0.3) is 10.2 Å². The van der Waals surface area contributed by atoms with Gasteiger partial charge >= 0.3 is 0 Å². The topological polar surface area (TPSA) is 79.0 Å². The number of carbonyl (C=O) groups is 1. The van der Waals surface area contributed by atoms with Crippen LogP contribution >= 0.6 is 0 Å². The van der Waals surface area contributed by atoms with Crippen molar-refractivity contribution >= 4 is 16.1 Å². The normalized spacial score (nSPS) is 24.9. The summed E-state index contributed by atoms with van der Waals surface area (Å²) >= 11 is 0. The summed E-state index contributed by atoms with van der Waals surface area (Å²) in [6.45, 7) is 6.41. The van der Waals surface area contributed by atoms with Gasteiger partial charge in [0.15, 0.2) is 0 Å². The number of rotatable bonds is 6. The van der Waals surface area contributed by atoms with Crippen molar-refractivity contribution in [3.63, 3.8) is 0 Å². The van der Waals surface area contributed by atoms with E-state index in [4.69, 9.17) is 4.74 Å². The lowest BCUT2D eigenvalue weighted by Crippen LogP contribution is -2.54. The highest BCUT2D eigenvalue weighted by molar-refractivity contribution is 7.86. The SMILES string of the molecule is CCCN(CC(=O)NC)S(=O)(=O)N1CC(C)OC(C)C1. The van der Waals surface area contributed by atoms with Crippen LogP contribution in [0.3, 0.4) is 0 Å². The average molecular weight is 307 g/mol. The molecule has 118 valence electrons. The third-order valence-corrected chi connectivity index (χ3v) is 5.03. The van der Waals surface area contributed by atoms with Crippen molar-refractivity contribution in [3.05, 3.63) is 0 Å². The summed E-state index contributed by atoms with van der Waals surface area (Å²) < 4.78 is 33.5. The summed E-state index contributed by atoms with van der Waals surface area (Å²) in [5.41, 5.74) is 0. The Morgan fingerprint density at radius 2 is 1.90 bits per heavy atom. The summed E-state index contributed by atoms with van der Waals surface area (Å²) in [6.07, 6.45) is 0.375. The molecule has 0 spiro atoms. The summed E-state index contributed by atoms with van der Waals surface area (Å²) in [7, 11) is -2.13. The van der Waals surface area contributed by atoms with Crippen LogP contribution in [0.5, 0.6) is 0 Å². The molecule has 2 unspecified atom stereocenters. The lowest BCUT2D eigenvalue weighted by Gasteiger charge is -2.37. The predicted molar refractivity (Wildman–Crippen MR) is 76.4 cm³/mol. The second kappa shape index (κ2) is 7.35. The molecule has 1 N–H and O–H groups in total. The predicted octanol–water partition coefficient (Wildman–Crippen LogP) is -0.202. The number of hydrogen-bond acceptors (Lipinski definition) is 4. The number of likely N-dealkylation sites (N-methyl/N-ethyl adjacent to an activating group) is 1. The maximum atomic E-state index is 12.6. The van der Waals surface area contributed by atoms with E-state index in [-0.39, 0.29) is 24.7 Å². The molecule has 0 bridgehead atoms. The van der Waals surface area contributed by atoms with Crippen molar-refractivity contribution in [1.29, 1.82) is 0 Å². The number of ether oxygens (including phenoxy) is 1. The average Bonchev–Trinajstić information content (AvgIpc) is 2.36. The fourth-order valence-corrected chi connectivity index (χ4v) is 4.06. The van der Waals surface area contributed by atoms with Crippen LogP contribution in [0.25, 0.3) is 0 Å². The Morgan fingerprint density at radius 3 is 2.35 bits per heavy atom. The number of hydrogen-bond donors (Lipinski definition) is 1. The molecular formula is C12H25N3O4S. The molecule has 0 aromatic heterocycles. The molecule has 1 heterocycles. The molecule has 7 nitrogen and oxygen atoms in total. The van der Waals surface area contributed by atoms with E-state index >= 15 is 0 Å².